The van der Waals surface area contributed by atoms with Crippen LogP contribution < -0.4 is 0 Å². The molecule has 0 saturated carbocycles. The summed E-state index contributed by atoms with van der Waals surface area (Å²) >= 11 is 0. The fourth-order valence-corrected chi connectivity index (χ4v) is 3.03. The van der Waals surface area contributed by atoms with Gasteiger partial charge in [-0.2, -0.15) is 0 Å². The third-order valence-electron chi connectivity index (χ3n) is 4.79. The Hall–Kier alpha value is -3.42. The van der Waals surface area contributed by atoms with Crippen molar-refractivity contribution in [2.45, 2.75) is 13.8 Å². The summed E-state index contributed by atoms with van der Waals surface area (Å²) in [6.07, 6.45) is 0. The number of esters is 1. The molecular formula is C21H22N2O6. The molecule has 0 N–H and O–H groups in total. The molecule has 2 heterocycles. The monoisotopic (exact) mass is 398 g/mol. The molecule has 0 unspecified atom stereocenters. The number of benzene rings is 1. The largest absolute Gasteiger partial charge is 0.450 e. The number of hydrogen-bond donors (Lipinski definition) is 0. The minimum absolute atomic E-state index is 0.00940. The van der Waals surface area contributed by atoms with Gasteiger partial charge in [-0.15, -0.1) is 0 Å². The summed E-state index contributed by atoms with van der Waals surface area (Å²) in [5, 5.41) is 0. The molecule has 2 aromatic rings. The average Bonchev–Trinajstić information content (AvgIpc) is 3.22. The number of ether oxygens (including phenoxy) is 1. The Bertz CT molecular complexity index is 923. The summed E-state index contributed by atoms with van der Waals surface area (Å²) in [5.74, 6) is -0.648. The highest BCUT2D eigenvalue weighted by Gasteiger charge is 2.24. The third kappa shape index (κ3) is 4.90. The van der Waals surface area contributed by atoms with Crippen molar-refractivity contribution in [3.63, 3.8) is 0 Å². The summed E-state index contributed by atoms with van der Waals surface area (Å²) in [6, 6.07) is 9.93. The number of ketones is 1. The molecular weight excluding hydrogens is 376 g/mol. The Kier molecular flexibility index (Phi) is 6.11. The fourth-order valence-electron chi connectivity index (χ4n) is 3.03. The molecule has 0 aliphatic carbocycles. The van der Waals surface area contributed by atoms with Gasteiger partial charge in [-0.25, -0.2) is 4.79 Å². The van der Waals surface area contributed by atoms with Crippen molar-refractivity contribution >= 4 is 23.6 Å². The van der Waals surface area contributed by atoms with Crippen LogP contribution in [-0.4, -0.2) is 66.2 Å². The lowest BCUT2D eigenvalue weighted by molar-refractivity contribution is -0.140. The molecule has 1 fully saturated rings. The topological polar surface area (TPSA) is 97.1 Å². The molecule has 8 heteroatoms. The molecule has 2 amide bonds. The van der Waals surface area contributed by atoms with Crippen LogP contribution in [0.4, 0.5) is 0 Å². The number of furan rings is 1. The van der Waals surface area contributed by atoms with E-state index in [2.05, 4.69) is 0 Å². The number of piperazine rings is 1. The summed E-state index contributed by atoms with van der Waals surface area (Å²) < 4.78 is 10.6. The van der Waals surface area contributed by atoms with E-state index in [4.69, 9.17) is 9.15 Å². The quantitative estimate of drug-likeness (QED) is 0.564. The number of rotatable bonds is 5. The van der Waals surface area contributed by atoms with Crippen LogP contribution >= 0.6 is 0 Å². The molecule has 0 atom stereocenters. The van der Waals surface area contributed by atoms with Crippen molar-refractivity contribution in [2.24, 2.45) is 0 Å². The number of hydrogen-bond acceptors (Lipinski definition) is 6. The van der Waals surface area contributed by atoms with Gasteiger partial charge in [-0.1, -0.05) is 24.3 Å². The van der Waals surface area contributed by atoms with Gasteiger partial charge >= 0.3 is 5.97 Å². The van der Waals surface area contributed by atoms with Crippen LogP contribution in [0.2, 0.25) is 0 Å². The predicted molar refractivity (Wildman–Crippen MR) is 103 cm³/mol. The maximum Gasteiger partial charge on any atom is 0.374 e. The van der Waals surface area contributed by atoms with E-state index in [1.54, 1.807) is 40.1 Å². The maximum absolute atomic E-state index is 12.2. The van der Waals surface area contributed by atoms with E-state index in [1.165, 1.54) is 19.9 Å². The number of carbonyl (C=O) groups excluding carboxylic acids is 4. The van der Waals surface area contributed by atoms with Crippen molar-refractivity contribution in [3.05, 3.63) is 47.7 Å². The van der Waals surface area contributed by atoms with Crippen LogP contribution in [0, 0.1) is 0 Å². The van der Waals surface area contributed by atoms with Gasteiger partial charge in [0.05, 0.1) is 0 Å². The number of amides is 2. The molecule has 1 aliphatic rings. The van der Waals surface area contributed by atoms with E-state index < -0.39 is 5.97 Å². The van der Waals surface area contributed by atoms with Crippen molar-refractivity contribution in [1.29, 1.82) is 0 Å². The van der Waals surface area contributed by atoms with Gasteiger partial charge in [-0.3, -0.25) is 14.4 Å². The van der Waals surface area contributed by atoms with Crippen molar-refractivity contribution < 1.29 is 28.3 Å². The summed E-state index contributed by atoms with van der Waals surface area (Å²) in [6.45, 7) is 4.36. The molecule has 3 rings (SSSR count). The highest BCUT2D eigenvalue weighted by Crippen LogP contribution is 2.23. The molecule has 1 aromatic heterocycles. The average molecular weight is 398 g/mol. The molecule has 0 bridgehead atoms. The van der Waals surface area contributed by atoms with Gasteiger partial charge in [0.15, 0.2) is 12.4 Å². The van der Waals surface area contributed by atoms with E-state index in [9.17, 15) is 19.2 Å². The molecule has 0 radical (unpaired) electrons. The van der Waals surface area contributed by atoms with Crippen molar-refractivity contribution in [2.75, 3.05) is 32.8 Å². The van der Waals surface area contributed by atoms with Crippen LogP contribution in [0.5, 0.6) is 0 Å². The van der Waals surface area contributed by atoms with Gasteiger partial charge in [0.25, 0.3) is 5.91 Å². The smallest absolute Gasteiger partial charge is 0.374 e. The Balaban J connectivity index is 1.53. The predicted octanol–water partition coefficient (Wildman–Crippen LogP) is 2.00. The van der Waals surface area contributed by atoms with E-state index in [1.807, 2.05) is 0 Å². The van der Waals surface area contributed by atoms with Crippen LogP contribution in [0.15, 0.2) is 40.8 Å². The molecule has 1 aliphatic heterocycles. The standard InChI is InChI=1S/C21H22N2O6/c1-14(24)16-3-5-17(6-4-16)18-7-8-19(29-18)21(27)28-13-20(26)23-11-9-22(10-12-23)15(2)25/h3-8H,9-13H2,1-2H3. The number of carbonyl (C=O) groups is 4. The van der Waals surface area contributed by atoms with E-state index >= 15 is 0 Å². The van der Waals surface area contributed by atoms with E-state index in [0.29, 0.717) is 43.1 Å². The van der Waals surface area contributed by atoms with Crippen molar-refractivity contribution in [1.82, 2.24) is 9.80 Å². The van der Waals surface area contributed by atoms with Crippen LogP contribution in [0.3, 0.4) is 0 Å². The highest BCUT2D eigenvalue weighted by atomic mass is 16.5. The van der Waals surface area contributed by atoms with Gasteiger partial charge in [0.2, 0.25) is 11.7 Å². The molecule has 0 spiro atoms. The van der Waals surface area contributed by atoms with Crippen molar-refractivity contribution in [3.8, 4) is 11.3 Å². The number of nitrogens with zero attached hydrogens (tertiary/aromatic N) is 2. The lowest BCUT2D eigenvalue weighted by Gasteiger charge is -2.34. The van der Waals surface area contributed by atoms with Gasteiger partial charge < -0.3 is 19.0 Å². The zero-order valence-electron chi connectivity index (χ0n) is 16.3. The maximum atomic E-state index is 12.2. The third-order valence-corrected chi connectivity index (χ3v) is 4.79. The normalized spacial score (nSPS) is 13.9. The first-order valence-electron chi connectivity index (χ1n) is 9.27. The zero-order chi connectivity index (χ0) is 21.0. The summed E-state index contributed by atoms with van der Waals surface area (Å²) in [5.41, 5.74) is 1.30. The van der Waals surface area contributed by atoms with Crippen LogP contribution in [-0.2, 0) is 14.3 Å². The summed E-state index contributed by atoms with van der Waals surface area (Å²) in [7, 11) is 0. The SMILES string of the molecule is CC(=O)c1ccc(-c2ccc(C(=O)OCC(=O)N3CCN(C(C)=O)CC3)o2)cc1. The molecule has 1 aromatic carbocycles. The Morgan fingerprint density at radius 2 is 1.52 bits per heavy atom. The Morgan fingerprint density at radius 3 is 2.10 bits per heavy atom. The van der Waals surface area contributed by atoms with Crippen LogP contribution in [0.1, 0.15) is 34.8 Å². The second-order valence-electron chi connectivity index (χ2n) is 6.76. The van der Waals surface area contributed by atoms with Gasteiger partial charge in [0.1, 0.15) is 5.76 Å². The zero-order valence-corrected chi connectivity index (χ0v) is 16.3. The second kappa shape index (κ2) is 8.72. The molecule has 152 valence electrons. The lowest BCUT2D eigenvalue weighted by Crippen LogP contribution is -2.51. The molecule has 8 nitrogen and oxygen atoms in total. The Morgan fingerprint density at radius 1 is 0.897 bits per heavy atom. The Labute approximate surface area is 168 Å². The highest BCUT2D eigenvalue weighted by molar-refractivity contribution is 5.94. The van der Waals surface area contributed by atoms with E-state index in [-0.39, 0.29) is 30.0 Å². The van der Waals surface area contributed by atoms with Gasteiger partial charge in [-0.05, 0) is 19.1 Å². The lowest BCUT2D eigenvalue weighted by atomic mass is 10.1. The first kappa shape index (κ1) is 20.3. The first-order valence-corrected chi connectivity index (χ1v) is 9.27. The molecule has 29 heavy (non-hydrogen) atoms. The van der Waals surface area contributed by atoms with E-state index in [0.717, 1.165) is 0 Å². The number of Topliss-reactive ketones (excluding diaryl/α,β-unsaturated/α-hetero) is 1. The first-order chi connectivity index (χ1) is 13.8. The van der Waals surface area contributed by atoms with Gasteiger partial charge in [0, 0.05) is 44.2 Å². The molecule has 1 saturated heterocycles. The minimum Gasteiger partial charge on any atom is -0.450 e. The minimum atomic E-state index is -0.729. The summed E-state index contributed by atoms with van der Waals surface area (Å²) in [4.78, 5) is 50.3. The fraction of sp³-hybridized carbons (Fsp3) is 0.333. The second-order valence-corrected chi connectivity index (χ2v) is 6.76. The van der Waals surface area contributed by atoms with Crippen LogP contribution in [0.25, 0.3) is 11.3 Å².